The highest BCUT2D eigenvalue weighted by Gasteiger charge is 1.92. The summed E-state index contributed by atoms with van der Waals surface area (Å²) in [5, 5.41) is 0. The van der Waals surface area contributed by atoms with Gasteiger partial charge in [0, 0.05) is 4.47 Å². The molecule has 0 fully saturated rings. The van der Waals surface area contributed by atoms with E-state index in [0.717, 1.165) is 10.0 Å². The van der Waals surface area contributed by atoms with Gasteiger partial charge in [-0.15, -0.1) is 0 Å². The second-order valence-electron chi connectivity index (χ2n) is 2.12. The van der Waals surface area contributed by atoms with Crippen LogP contribution in [0.1, 0.15) is 5.56 Å². The summed E-state index contributed by atoms with van der Waals surface area (Å²) >= 11 is 3.26. The van der Waals surface area contributed by atoms with Crippen molar-refractivity contribution in [3.63, 3.8) is 0 Å². The van der Waals surface area contributed by atoms with E-state index in [1.807, 2.05) is 12.1 Å². The van der Waals surface area contributed by atoms with Crippen LogP contribution in [0.3, 0.4) is 0 Å². The predicted molar refractivity (Wildman–Crippen MR) is 48.2 cm³/mol. The lowest BCUT2D eigenvalue weighted by molar-refractivity contribution is 0.614. The van der Waals surface area contributed by atoms with Crippen LogP contribution in [0, 0.1) is 0 Å². The zero-order valence-corrected chi connectivity index (χ0v) is 8.14. The van der Waals surface area contributed by atoms with Crippen molar-refractivity contribution >= 4 is 26.6 Å². The van der Waals surface area contributed by atoms with Crippen LogP contribution in [0.25, 0.3) is 0 Å². The molecular formula is C7H7BrO2S. The first-order valence-electron chi connectivity index (χ1n) is 3.05. The summed E-state index contributed by atoms with van der Waals surface area (Å²) in [5.74, 6) is 0.128. The van der Waals surface area contributed by atoms with E-state index in [1.165, 1.54) is 0 Å². The summed E-state index contributed by atoms with van der Waals surface area (Å²) in [4.78, 5) is 0. The molecule has 60 valence electrons. The molecule has 0 radical (unpaired) electrons. The SMILES string of the molecule is O=[SH](=O)Cc1ccc(Br)cc1. The van der Waals surface area contributed by atoms with E-state index in [0.29, 0.717) is 0 Å². The molecule has 2 nitrogen and oxygen atoms in total. The highest BCUT2D eigenvalue weighted by atomic mass is 79.9. The summed E-state index contributed by atoms with van der Waals surface area (Å²) in [6.07, 6.45) is 0. The zero-order valence-electron chi connectivity index (χ0n) is 5.66. The van der Waals surface area contributed by atoms with Crippen LogP contribution in [0.4, 0.5) is 0 Å². The van der Waals surface area contributed by atoms with Crippen LogP contribution in [-0.2, 0) is 16.5 Å². The Bertz CT molecular complexity index is 295. The van der Waals surface area contributed by atoms with Gasteiger partial charge in [-0.1, -0.05) is 28.1 Å². The van der Waals surface area contributed by atoms with E-state index < -0.39 is 10.7 Å². The molecule has 0 aliphatic carbocycles. The number of thiol groups is 1. The van der Waals surface area contributed by atoms with Crippen molar-refractivity contribution in [3.8, 4) is 0 Å². The maximum atomic E-state index is 10.3. The first kappa shape index (κ1) is 8.74. The highest BCUT2D eigenvalue weighted by molar-refractivity contribution is 9.10. The van der Waals surface area contributed by atoms with Crippen LogP contribution in [0.15, 0.2) is 28.7 Å². The molecule has 0 unspecified atom stereocenters. The molecule has 0 aromatic heterocycles. The Kier molecular flexibility index (Phi) is 3.08. The molecule has 0 spiro atoms. The van der Waals surface area contributed by atoms with Crippen LogP contribution in [-0.4, -0.2) is 8.42 Å². The van der Waals surface area contributed by atoms with Gasteiger partial charge in [0.25, 0.3) is 0 Å². The third-order valence-electron chi connectivity index (χ3n) is 1.22. The van der Waals surface area contributed by atoms with Gasteiger partial charge in [-0.05, 0) is 17.7 Å². The minimum Gasteiger partial charge on any atom is -0.232 e. The molecule has 0 aliphatic rings. The number of hydrogen-bond acceptors (Lipinski definition) is 2. The van der Waals surface area contributed by atoms with E-state index in [9.17, 15) is 8.42 Å². The van der Waals surface area contributed by atoms with Crippen molar-refractivity contribution in [3.05, 3.63) is 34.3 Å². The molecule has 4 heteroatoms. The molecule has 0 saturated carbocycles. The summed E-state index contributed by atoms with van der Waals surface area (Å²) in [7, 11) is -2.30. The first-order chi connectivity index (χ1) is 5.18. The van der Waals surface area contributed by atoms with Gasteiger partial charge in [0.2, 0.25) is 0 Å². The lowest BCUT2D eigenvalue weighted by Crippen LogP contribution is -1.84. The smallest absolute Gasteiger partial charge is 0.144 e. The topological polar surface area (TPSA) is 34.1 Å². The third kappa shape index (κ3) is 3.03. The maximum Gasteiger partial charge on any atom is 0.144 e. The van der Waals surface area contributed by atoms with Crippen molar-refractivity contribution < 1.29 is 8.42 Å². The monoisotopic (exact) mass is 234 g/mol. The van der Waals surface area contributed by atoms with Crippen LogP contribution in [0.2, 0.25) is 0 Å². The molecule has 1 aromatic rings. The second kappa shape index (κ2) is 3.88. The largest absolute Gasteiger partial charge is 0.232 e. The Balaban J connectivity index is 2.82. The third-order valence-corrected chi connectivity index (χ3v) is 2.38. The molecule has 1 rings (SSSR count). The van der Waals surface area contributed by atoms with Gasteiger partial charge in [0.15, 0.2) is 0 Å². The molecule has 0 saturated heterocycles. The van der Waals surface area contributed by atoms with E-state index in [-0.39, 0.29) is 5.75 Å². The van der Waals surface area contributed by atoms with Crippen LogP contribution >= 0.6 is 15.9 Å². The van der Waals surface area contributed by atoms with Gasteiger partial charge in [-0.2, -0.15) is 0 Å². The number of hydrogen-bond donors (Lipinski definition) is 1. The van der Waals surface area contributed by atoms with Crippen molar-refractivity contribution in [2.75, 3.05) is 0 Å². The molecular weight excluding hydrogens is 228 g/mol. The average Bonchev–Trinajstić information content (AvgIpc) is 1.93. The Morgan fingerprint density at radius 1 is 1.18 bits per heavy atom. The fourth-order valence-corrected chi connectivity index (χ4v) is 1.51. The van der Waals surface area contributed by atoms with Crippen LogP contribution in [0.5, 0.6) is 0 Å². The summed E-state index contributed by atoms with van der Waals surface area (Å²) < 4.78 is 21.5. The second-order valence-corrected chi connectivity index (χ2v) is 4.01. The minimum absolute atomic E-state index is 0.128. The molecule has 0 heterocycles. The van der Waals surface area contributed by atoms with Crippen molar-refractivity contribution in [2.45, 2.75) is 5.75 Å². The van der Waals surface area contributed by atoms with Gasteiger partial charge < -0.3 is 0 Å². The van der Waals surface area contributed by atoms with Gasteiger partial charge >= 0.3 is 0 Å². The number of halogens is 1. The first-order valence-corrected chi connectivity index (χ1v) is 5.20. The molecule has 0 bridgehead atoms. The van der Waals surface area contributed by atoms with Crippen molar-refractivity contribution in [1.29, 1.82) is 0 Å². The van der Waals surface area contributed by atoms with Gasteiger partial charge in [0.05, 0.1) is 5.75 Å². The van der Waals surface area contributed by atoms with E-state index in [1.54, 1.807) is 12.1 Å². The molecule has 0 aliphatic heterocycles. The summed E-state index contributed by atoms with van der Waals surface area (Å²) in [5.41, 5.74) is 0.823. The van der Waals surface area contributed by atoms with E-state index >= 15 is 0 Å². The summed E-state index contributed by atoms with van der Waals surface area (Å²) in [6.45, 7) is 0. The average molecular weight is 235 g/mol. The van der Waals surface area contributed by atoms with Gasteiger partial charge in [-0.3, -0.25) is 0 Å². The molecule has 0 atom stereocenters. The number of rotatable bonds is 2. The summed E-state index contributed by atoms with van der Waals surface area (Å²) in [6, 6.07) is 7.23. The predicted octanol–water partition coefficient (Wildman–Crippen LogP) is 1.56. The molecule has 11 heavy (non-hydrogen) atoms. The Morgan fingerprint density at radius 2 is 1.73 bits per heavy atom. The Morgan fingerprint density at radius 3 is 2.18 bits per heavy atom. The van der Waals surface area contributed by atoms with Crippen molar-refractivity contribution in [2.24, 2.45) is 0 Å². The zero-order chi connectivity index (χ0) is 8.27. The van der Waals surface area contributed by atoms with E-state index in [4.69, 9.17) is 0 Å². The van der Waals surface area contributed by atoms with Gasteiger partial charge in [-0.25, -0.2) is 8.42 Å². The molecule has 0 amide bonds. The number of benzene rings is 1. The fourth-order valence-electron chi connectivity index (χ4n) is 0.739. The lowest BCUT2D eigenvalue weighted by Gasteiger charge is -1.93. The lowest BCUT2D eigenvalue weighted by atomic mass is 10.2. The highest BCUT2D eigenvalue weighted by Crippen LogP contribution is 2.10. The van der Waals surface area contributed by atoms with Crippen molar-refractivity contribution in [1.82, 2.24) is 0 Å². The molecule has 0 N–H and O–H groups in total. The minimum atomic E-state index is -2.30. The van der Waals surface area contributed by atoms with Crippen LogP contribution < -0.4 is 0 Å². The van der Waals surface area contributed by atoms with Gasteiger partial charge in [0.1, 0.15) is 10.7 Å². The van der Waals surface area contributed by atoms with E-state index in [2.05, 4.69) is 15.9 Å². The standard InChI is InChI=1S/C7H7BrO2S/c8-7-3-1-6(2-4-7)5-11(9)10/h1-4,11H,5H2. The fraction of sp³-hybridized carbons (Fsp3) is 0.143. The molecule has 1 aromatic carbocycles. The quantitative estimate of drug-likeness (QED) is 0.789. The normalized spacial score (nSPS) is 10.4. The Labute approximate surface area is 75.3 Å². The maximum absolute atomic E-state index is 10.3. The Hall–Kier alpha value is -0.350.